The van der Waals surface area contributed by atoms with Crippen molar-refractivity contribution in [2.24, 2.45) is 5.41 Å². The molecule has 0 saturated carbocycles. The van der Waals surface area contributed by atoms with Crippen LogP contribution in [0.2, 0.25) is 0 Å². The van der Waals surface area contributed by atoms with E-state index in [1.165, 1.54) is 0 Å². The molecule has 1 N–H and O–H groups in total. The molecule has 0 unspecified atom stereocenters. The van der Waals surface area contributed by atoms with E-state index in [2.05, 4.69) is 0 Å². The lowest BCUT2D eigenvalue weighted by Gasteiger charge is -2.25. The average molecular weight is 220 g/mol. The quantitative estimate of drug-likeness (QED) is 0.789. The summed E-state index contributed by atoms with van der Waals surface area (Å²) in [6, 6.07) is 9.45. The van der Waals surface area contributed by atoms with Gasteiger partial charge in [-0.2, -0.15) is 0 Å². The van der Waals surface area contributed by atoms with Gasteiger partial charge in [-0.1, -0.05) is 51.1 Å². The number of rotatable bonds is 1. The second-order valence-electron chi connectivity index (χ2n) is 4.93. The minimum atomic E-state index is -0.442. The fraction of sp³-hybridized carbons (Fsp3) is 0.385. The standard InChI is InChI=1S/C13H16O3/c1-13(2,3)12-15-10(11(14)16-12)9-7-5-4-6-8-9/h4-8,12,14H,1-3H3/t12-/m0/s1. The Bertz CT molecular complexity index is 401. The van der Waals surface area contributed by atoms with Crippen molar-refractivity contribution >= 4 is 5.76 Å². The van der Waals surface area contributed by atoms with Gasteiger partial charge in [0.15, 0.2) is 0 Å². The van der Waals surface area contributed by atoms with Gasteiger partial charge in [-0.3, -0.25) is 0 Å². The second-order valence-corrected chi connectivity index (χ2v) is 4.93. The molecule has 86 valence electrons. The summed E-state index contributed by atoms with van der Waals surface area (Å²) in [4.78, 5) is 0. The molecule has 0 bridgehead atoms. The third-order valence-corrected chi connectivity index (χ3v) is 2.38. The number of aliphatic hydroxyl groups is 1. The Morgan fingerprint density at radius 2 is 1.69 bits per heavy atom. The molecular weight excluding hydrogens is 204 g/mol. The van der Waals surface area contributed by atoms with E-state index in [9.17, 15) is 5.11 Å². The van der Waals surface area contributed by atoms with Gasteiger partial charge in [-0.15, -0.1) is 0 Å². The van der Waals surface area contributed by atoms with Crippen LogP contribution in [0.5, 0.6) is 0 Å². The summed E-state index contributed by atoms with van der Waals surface area (Å²) in [5.74, 6) is 0.284. The van der Waals surface area contributed by atoms with Crippen molar-refractivity contribution in [1.29, 1.82) is 0 Å². The highest BCUT2D eigenvalue weighted by Gasteiger charge is 2.37. The lowest BCUT2D eigenvalue weighted by molar-refractivity contribution is -0.118. The van der Waals surface area contributed by atoms with Crippen LogP contribution in [-0.2, 0) is 9.47 Å². The van der Waals surface area contributed by atoms with E-state index in [4.69, 9.17) is 9.47 Å². The van der Waals surface area contributed by atoms with Gasteiger partial charge in [0.2, 0.25) is 12.0 Å². The summed E-state index contributed by atoms with van der Waals surface area (Å²) in [7, 11) is 0. The zero-order valence-electron chi connectivity index (χ0n) is 9.73. The molecule has 1 atom stereocenters. The smallest absolute Gasteiger partial charge is 0.324 e. The van der Waals surface area contributed by atoms with Gasteiger partial charge in [0.1, 0.15) is 0 Å². The minimum absolute atomic E-state index is 0.133. The Morgan fingerprint density at radius 3 is 2.19 bits per heavy atom. The molecule has 1 heterocycles. The van der Waals surface area contributed by atoms with E-state index in [1.807, 2.05) is 51.1 Å². The molecule has 3 heteroatoms. The molecule has 1 aromatic carbocycles. The van der Waals surface area contributed by atoms with Crippen molar-refractivity contribution in [2.75, 3.05) is 0 Å². The van der Waals surface area contributed by atoms with Crippen LogP contribution in [0.25, 0.3) is 5.76 Å². The maximum absolute atomic E-state index is 9.71. The summed E-state index contributed by atoms with van der Waals surface area (Å²) in [5, 5.41) is 9.71. The molecule has 0 amide bonds. The van der Waals surface area contributed by atoms with E-state index in [-0.39, 0.29) is 11.4 Å². The van der Waals surface area contributed by atoms with Crippen LogP contribution in [0.1, 0.15) is 26.3 Å². The fourth-order valence-electron chi connectivity index (χ4n) is 1.47. The van der Waals surface area contributed by atoms with Crippen LogP contribution < -0.4 is 0 Å². The van der Waals surface area contributed by atoms with Crippen molar-refractivity contribution in [1.82, 2.24) is 0 Å². The van der Waals surface area contributed by atoms with Crippen LogP contribution in [0.3, 0.4) is 0 Å². The lowest BCUT2D eigenvalue weighted by atomic mass is 9.96. The number of benzene rings is 1. The van der Waals surface area contributed by atoms with Gasteiger partial charge in [0.25, 0.3) is 0 Å². The molecule has 0 aliphatic carbocycles. The first-order valence-electron chi connectivity index (χ1n) is 5.30. The molecule has 0 saturated heterocycles. The maximum Gasteiger partial charge on any atom is 0.324 e. The van der Waals surface area contributed by atoms with E-state index in [0.29, 0.717) is 5.76 Å². The minimum Gasteiger partial charge on any atom is -0.478 e. The van der Waals surface area contributed by atoms with Crippen molar-refractivity contribution in [3.63, 3.8) is 0 Å². The summed E-state index contributed by atoms with van der Waals surface area (Å²) in [6.45, 7) is 6.00. The third kappa shape index (κ3) is 1.98. The number of ether oxygens (including phenoxy) is 2. The van der Waals surface area contributed by atoms with E-state index < -0.39 is 6.29 Å². The SMILES string of the molecule is CC(C)(C)[C@@H]1OC(O)=C(c2ccccc2)O1. The number of hydrogen-bond donors (Lipinski definition) is 1. The topological polar surface area (TPSA) is 38.7 Å². The number of aliphatic hydroxyl groups excluding tert-OH is 1. The van der Waals surface area contributed by atoms with E-state index in [0.717, 1.165) is 5.56 Å². The van der Waals surface area contributed by atoms with Crippen LogP contribution in [0.15, 0.2) is 36.3 Å². The Kier molecular flexibility index (Phi) is 2.54. The zero-order chi connectivity index (χ0) is 11.8. The van der Waals surface area contributed by atoms with Crippen LogP contribution in [0.4, 0.5) is 0 Å². The Labute approximate surface area is 95.3 Å². The fourth-order valence-corrected chi connectivity index (χ4v) is 1.47. The average Bonchev–Trinajstić information content (AvgIpc) is 2.61. The van der Waals surface area contributed by atoms with Crippen LogP contribution in [0, 0.1) is 5.41 Å². The van der Waals surface area contributed by atoms with E-state index >= 15 is 0 Å². The van der Waals surface area contributed by atoms with Crippen molar-refractivity contribution in [2.45, 2.75) is 27.1 Å². The van der Waals surface area contributed by atoms with Crippen molar-refractivity contribution < 1.29 is 14.6 Å². The van der Waals surface area contributed by atoms with Gasteiger partial charge in [-0.05, 0) is 0 Å². The molecule has 16 heavy (non-hydrogen) atoms. The third-order valence-electron chi connectivity index (χ3n) is 2.38. The Morgan fingerprint density at radius 1 is 1.06 bits per heavy atom. The summed E-state index contributed by atoms with van der Waals surface area (Å²) in [6.07, 6.45) is -0.442. The highest BCUT2D eigenvalue weighted by molar-refractivity contribution is 5.61. The molecular formula is C13H16O3. The normalized spacial score (nSPS) is 20.6. The molecule has 1 aliphatic rings. The van der Waals surface area contributed by atoms with Gasteiger partial charge in [0, 0.05) is 11.0 Å². The summed E-state index contributed by atoms with van der Waals surface area (Å²) < 4.78 is 10.9. The van der Waals surface area contributed by atoms with Crippen molar-refractivity contribution in [3.05, 3.63) is 41.8 Å². The Balaban J connectivity index is 2.23. The van der Waals surface area contributed by atoms with Gasteiger partial charge >= 0.3 is 5.95 Å². The first-order chi connectivity index (χ1) is 7.48. The molecule has 1 aliphatic heterocycles. The lowest BCUT2D eigenvalue weighted by Crippen LogP contribution is -2.27. The largest absolute Gasteiger partial charge is 0.478 e. The van der Waals surface area contributed by atoms with Crippen LogP contribution >= 0.6 is 0 Å². The zero-order valence-corrected chi connectivity index (χ0v) is 9.73. The van der Waals surface area contributed by atoms with Gasteiger partial charge in [-0.25, -0.2) is 0 Å². The molecule has 1 aromatic rings. The molecule has 2 rings (SSSR count). The van der Waals surface area contributed by atoms with Gasteiger partial charge in [0.05, 0.1) is 0 Å². The maximum atomic E-state index is 9.71. The molecule has 0 radical (unpaired) electrons. The molecule has 0 aromatic heterocycles. The Hall–Kier alpha value is -1.64. The van der Waals surface area contributed by atoms with Crippen molar-refractivity contribution in [3.8, 4) is 0 Å². The summed E-state index contributed by atoms with van der Waals surface area (Å²) in [5.41, 5.74) is 0.650. The summed E-state index contributed by atoms with van der Waals surface area (Å²) >= 11 is 0. The van der Waals surface area contributed by atoms with E-state index in [1.54, 1.807) is 0 Å². The first-order valence-corrected chi connectivity index (χ1v) is 5.30. The molecule has 3 nitrogen and oxygen atoms in total. The monoisotopic (exact) mass is 220 g/mol. The predicted molar refractivity (Wildman–Crippen MR) is 61.4 cm³/mol. The molecule has 0 spiro atoms. The second kappa shape index (κ2) is 3.74. The van der Waals surface area contributed by atoms with Gasteiger partial charge < -0.3 is 14.6 Å². The highest BCUT2D eigenvalue weighted by atomic mass is 16.8. The van der Waals surface area contributed by atoms with Crippen LogP contribution in [-0.4, -0.2) is 11.4 Å². The highest BCUT2D eigenvalue weighted by Crippen LogP contribution is 2.36. The first kappa shape index (κ1) is 10.9. The number of hydrogen-bond acceptors (Lipinski definition) is 3. The molecule has 0 fully saturated rings. The predicted octanol–water partition coefficient (Wildman–Crippen LogP) is 3.29.